The van der Waals surface area contributed by atoms with Gasteiger partial charge in [0.15, 0.2) is 0 Å². The summed E-state index contributed by atoms with van der Waals surface area (Å²) in [5.41, 5.74) is 2.10. The lowest BCUT2D eigenvalue weighted by molar-refractivity contribution is -0.126. The van der Waals surface area contributed by atoms with Crippen molar-refractivity contribution in [3.05, 3.63) is 58.5 Å². The highest BCUT2D eigenvalue weighted by atomic mass is 32.2. The lowest BCUT2D eigenvalue weighted by Gasteiger charge is -2.15. The number of amides is 2. The minimum atomic E-state index is -0.368. The number of anilines is 1. The Bertz CT molecular complexity index is 988. The van der Waals surface area contributed by atoms with Crippen molar-refractivity contribution in [1.82, 2.24) is 4.90 Å². The van der Waals surface area contributed by atoms with E-state index in [9.17, 15) is 14.7 Å². The van der Waals surface area contributed by atoms with Gasteiger partial charge in [-0.3, -0.25) is 14.5 Å². The van der Waals surface area contributed by atoms with Crippen LogP contribution in [0.5, 0.6) is 11.5 Å². The van der Waals surface area contributed by atoms with Crippen molar-refractivity contribution in [2.75, 3.05) is 19.0 Å². The summed E-state index contributed by atoms with van der Waals surface area (Å²) in [6.45, 7) is 1.59. The first kappa shape index (κ1) is 19.9. The van der Waals surface area contributed by atoms with Crippen LogP contribution < -0.4 is 10.1 Å². The zero-order valence-corrected chi connectivity index (χ0v) is 16.9. The molecule has 1 aliphatic heterocycles. The molecule has 28 heavy (non-hydrogen) atoms. The highest BCUT2D eigenvalue weighted by molar-refractivity contribution is 8.26. The maximum Gasteiger partial charge on any atom is 0.266 e. The number of aromatic hydroxyl groups is 1. The molecule has 2 aromatic carbocycles. The molecular formula is C20H18N2O4S2. The van der Waals surface area contributed by atoms with Crippen LogP contribution in [-0.4, -0.2) is 39.8 Å². The number of carbonyl (C=O) groups is 2. The number of carbonyl (C=O) groups excluding carboxylic acids is 2. The molecule has 144 valence electrons. The summed E-state index contributed by atoms with van der Waals surface area (Å²) >= 11 is 6.43. The molecule has 2 aromatic rings. The maximum atomic E-state index is 12.7. The molecular weight excluding hydrogens is 396 g/mol. The Morgan fingerprint density at radius 3 is 2.82 bits per heavy atom. The first-order valence-corrected chi connectivity index (χ1v) is 9.59. The number of hydrogen-bond acceptors (Lipinski definition) is 6. The average molecular weight is 415 g/mol. The molecule has 1 fully saturated rings. The summed E-state index contributed by atoms with van der Waals surface area (Å²) in [4.78, 5) is 26.8. The first-order valence-electron chi connectivity index (χ1n) is 8.36. The van der Waals surface area contributed by atoms with Crippen molar-refractivity contribution < 1.29 is 19.4 Å². The summed E-state index contributed by atoms with van der Waals surface area (Å²) in [5.74, 6) is 0.131. The van der Waals surface area contributed by atoms with Crippen LogP contribution in [0.2, 0.25) is 0 Å². The number of phenols is 1. The highest BCUT2D eigenvalue weighted by Crippen LogP contribution is 2.33. The van der Waals surface area contributed by atoms with Gasteiger partial charge in [0.2, 0.25) is 5.91 Å². The number of benzene rings is 2. The fourth-order valence-corrected chi connectivity index (χ4v) is 3.90. The Labute approximate surface area is 172 Å². The van der Waals surface area contributed by atoms with Crippen LogP contribution >= 0.6 is 24.0 Å². The number of ether oxygens (including phenoxy) is 1. The van der Waals surface area contributed by atoms with Gasteiger partial charge in [0.1, 0.15) is 22.4 Å². The van der Waals surface area contributed by atoms with Crippen LogP contribution in [0.25, 0.3) is 6.08 Å². The van der Waals surface area contributed by atoms with Crippen LogP contribution in [0.15, 0.2) is 47.4 Å². The van der Waals surface area contributed by atoms with E-state index < -0.39 is 0 Å². The third kappa shape index (κ3) is 4.52. The molecule has 1 aliphatic rings. The summed E-state index contributed by atoms with van der Waals surface area (Å²) < 4.78 is 5.52. The van der Waals surface area contributed by atoms with Gasteiger partial charge in [0, 0.05) is 5.69 Å². The first-order chi connectivity index (χ1) is 13.4. The van der Waals surface area contributed by atoms with Crippen molar-refractivity contribution in [2.45, 2.75) is 6.92 Å². The van der Waals surface area contributed by atoms with Crippen LogP contribution in [0.4, 0.5) is 5.69 Å². The fourth-order valence-electron chi connectivity index (χ4n) is 2.64. The summed E-state index contributed by atoms with van der Waals surface area (Å²) in [6, 6.07) is 12.0. The zero-order valence-electron chi connectivity index (χ0n) is 15.3. The van der Waals surface area contributed by atoms with Crippen molar-refractivity contribution in [1.29, 1.82) is 0 Å². The van der Waals surface area contributed by atoms with E-state index in [1.54, 1.807) is 32.2 Å². The summed E-state index contributed by atoms with van der Waals surface area (Å²) in [6.07, 6.45) is 1.73. The Morgan fingerprint density at radius 2 is 2.11 bits per heavy atom. The normalized spacial score (nSPS) is 15.2. The van der Waals surface area contributed by atoms with E-state index in [-0.39, 0.29) is 24.1 Å². The van der Waals surface area contributed by atoms with Crippen LogP contribution in [0.1, 0.15) is 11.1 Å². The molecule has 2 N–H and O–H groups in total. The average Bonchev–Trinajstić information content (AvgIpc) is 2.91. The third-order valence-corrected chi connectivity index (χ3v) is 5.43. The predicted molar refractivity (Wildman–Crippen MR) is 114 cm³/mol. The Hall–Kier alpha value is -2.84. The molecule has 0 unspecified atom stereocenters. The minimum Gasteiger partial charge on any atom is -0.508 e. The van der Waals surface area contributed by atoms with Gasteiger partial charge in [-0.2, -0.15) is 0 Å². The smallest absolute Gasteiger partial charge is 0.266 e. The molecule has 8 heteroatoms. The fraction of sp³-hybridized carbons (Fsp3) is 0.150. The molecule has 0 bridgehead atoms. The van der Waals surface area contributed by atoms with Crippen molar-refractivity contribution in [3.8, 4) is 11.5 Å². The number of nitrogens with zero attached hydrogens (tertiary/aromatic N) is 1. The molecule has 0 spiro atoms. The van der Waals surface area contributed by atoms with E-state index >= 15 is 0 Å². The highest BCUT2D eigenvalue weighted by Gasteiger charge is 2.33. The Balaban J connectivity index is 1.71. The maximum absolute atomic E-state index is 12.7. The molecule has 2 amide bonds. The van der Waals surface area contributed by atoms with Gasteiger partial charge in [0.25, 0.3) is 5.91 Å². The topological polar surface area (TPSA) is 78.9 Å². The van der Waals surface area contributed by atoms with Crippen molar-refractivity contribution in [2.24, 2.45) is 0 Å². The van der Waals surface area contributed by atoms with Crippen LogP contribution in [0, 0.1) is 6.92 Å². The number of rotatable bonds is 5. The van der Waals surface area contributed by atoms with Gasteiger partial charge in [0.05, 0.1) is 12.0 Å². The second-order valence-corrected chi connectivity index (χ2v) is 7.77. The molecule has 0 saturated carbocycles. The Kier molecular flexibility index (Phi) is 6.01. The van der Waals surface area contributed by atoms with E-state index in [0.29, 0.717) is 20.7 Å². The number of aryl methyl sites for hydroxylation is 1. The molecule has 6 nitrogen and oxygen atoms in total. The van der Waals surface area contributed by atoms with Gasteiger partial charge < -0.3 is 15.2 Å². The SMILES string of the molecule is COc1cccc(/C=C2\SC(=S)N(CC(=O)Nc3ccc(O)cc3C)C2=O)c1. The predicted octanol–water partition coefficient (Wildman–Crippen LogP) is 3.55. The third-order valence-electron chi connectivity index (χ3n) is 4.05. The quantitative estimate of drug-likeness (QED) is 0.443. The molecule has 1 saturated heterocycles. The number of methoxy groups -OCH3 is 1. The number of thiocarbonyl (C=S) groups is 1. The Morgan fingerprint density at radius 1 is 1.32 bits per heavy atom. The molecule has 3 rings (SSSR count). The summed E-state index contributed by atoms with van der Waals surface area (Å²) in [7, 11) is 1.58. The van der Waals surface area contributed by atoms with Gasteiger partial charge in [-0.1, -0.05) is 36.1 Å². The van der Waals surface area contributed by atoms with Crippen LogP contribution in [0.3, 0.4) is 0 Å². The van der Waals surface area contributed by atoms with Gasteiger partial charge in [-0.15, -0.1) is 0 Å². The number of nitrogens with one attached hydrogen (secondary N) is 1. The lowest BCUT2D eigenvalue weighted by atomic mass is 10.2. The summed E-state index contributed by atoms with van der Waals surface area (Å²) in [5, 5.41) is 12.2. The van der Waals surface area contributed by atoms with E-state index in [1.807, 2.05) is 24.3 Å². The van der Waals surface area contributed by atoms with E-state index in [4.69, 9.17) is 17.0 Å². The second-order valence-electron chi connectivity index (χ2n) is 6.09. The molecule has 0 radical (unpaired) electrons. The number of thioether (sulfide) groups is 1. The van der Waals surface area contributed by atoms with Gasteiger partial charge in [-0.25, -0.2) is 0 Å². The molecule has 1 heterocycles. The monoisotopic (exact) mass is 414 g/mol. The molecule has 0 aliphatic carbocycles. The van der Waals surface area contributed by atoms with Gasteiger partial charge >= 0.3 is 0 Å². The van der Waals surface area contributed by atoms with E-state index in [2.05, 4.69) is 5.32 Å². The zero-order chi connectivity index (χ0) is 20.3. The second kappa shape index (κ2) is 8.45. The number of hydrogen-bond donors (Lipinski definition) is 2. The number of phenolic OH excluding ortho intramolecular Hbond substituents is 1. The minimum absolute atomic E-state index is 0.120. The van der Waals surface area contributed by atoms with Crippen molar-refractivity contribution >= 4 is 51.9 Å². The van der Waals surface area contributed by atoms with Crippen LogP contribution in [-0.2, 0) is 9.59 Å². The largest absolute Gasteiger partial charge is 0.508 e. The molecule has 0 atom stereocenters. The molecule has 0 aromatic heterocycles. The van der Waals surface area contributed by atoms with Gasteiger partial charge in [-0.05, 0) is 54.5 Å². The van der Waals surface area contributed by atoms with E-state index in [1.165, 1.54) is 11.0 Å². The van der Waals surface area contributed by atoms with Crippen molar-refractivity contribution in [3.63, 3.8) is 0 Å². The van der Waals surface area contributed by atoms with E-state index in [0.717, 1.165) is 22.9 Å². The standard InChI is InChI=1S/C20H18N2O4S2/c1-12-8-14(23)6-7-16(12)21-18(24)11-22-19(25)17(28-20(22)27)10-13-4-3-5-15(9-13)26-2/h3-10,23H,11H2,1-2H3,(H,21,24)/b17-10-. The lowest BCUT2D eigenvalue weighted by Crippen LogP contribution is -2.36.